The second kappa shape index (κ2) is 21.1. The normalized spacial score (nSPS) is 26.8. The third kappa shape index (κ3) is 12.2. The predicted molar refractivity (Wildman–Crippen MR) is 206 cm³/mol. The van der Waals surface area contributed by atoms with Crippen LogP contribution >= 0.6 is 0 Å². The highest BCUT2D eigenvalue weighted by Gasteiger charge is 2.37. The molecule has 55 heavy (non-hydrogen) atoms. The highest BCUT2D eigenvalue weighted by atomic mass is 16.6. The largest absolute Gasteiger partial charge is 0.459 e. The summed E-state index contributed by atoms with van der Waals surface area (Å²) in [5, 5.41) is 2.57. The van der Waals surface area contributed by atoms with Crippen molar-refractivity contribution >= 4 is 35.4 Å². The summed E-state index contributed by atoms with van der Waals surface area (Å²) in [7, 11) is 4.35. The molecule has 13 nitrogen and oxygen atoms in total. The molecule has 0 saturated carbocycles. The summed E-state index contributed by atoms with van der Waals surface area (Å²) in [6.07, 6.45) is 5.93. The van der Waals surface area contributed by atoms with Gasteiger partial charge in [0.2, 0.25) is 11.6 Å². The number of nitrogens with two attached hydrogens (primary N) is 1. The number of likely N-dealkylation sites (N-methyl/N-ethyl adjacent to an activating group) is 1. The smallest absolute Gasteiger partial charge is 0.405 e. The summed E-state index contributed by atoms with van der Waals surface area (Å²) in [5.41, 5.74) is 6.23. The molecule has 2 aliphatic rings. The zero-order valence-electron chi connectivity index (χ0n) is 33.1. The van der Waals surface area contributed by atoms with Gasteiger partial charge in [0.05, 0.1) is 17.5 Å². The van der Waals surface area contributed by atoms with Crippen LogP contribution < -0.4 is 11.1 Å². The van der Waals surface area contributed by atoms with Gasteiger partial charge in [0.25, 0.3) is 11.8 Å². The van der Waals surface area contributed by atoms with Crippen LogP contribution in [0.15, 0.2) is 88.8 Å². The maximum Gasteiger partial charge on any atom is 0.405 e. The number of amides is 3. The SMILES string of the molecule is CCCCCC(=O)O[C@@H]1[C@@H](OC)C[C@H](C)CC2=C(N(C)C(=O)c3ccccc3)C(=O)C=C(NC(=O)/C(C)=C/C=C\[C@H](OC)[C@@H](OC(N)=O)/C(C)=C/[C@@H]1C)C2=O. The molecule has 0 aromatic heterocycles. The molecule has 3 N–H and O–H groups in total. The summed E-state index contributed by atoms with van der Waals surface area (Å²) in [5.74, 6) is -3.66. The van der Waals surface area contributed by atoms with Gasteiger partial charge < -0.3 is 34.9 Å². The number of fused-ring (bicyclic) bond motifs is 2. The molecule has 3 amide bonds. The number of hydrogen-bond donors (Lipinski definition) is 2. The number of Topliss-reactive ketones (excluding diaryl/α,β-unsaturated/α-hetero) is 1. The number of rotatable bonds is 10. The average Bonchev–Trinajstić information content (AvgIpc) is 3.15. The van der Waals surface area contributed by atoms with Crippen molar-refractivity contribution in [3.8, 4) is 0 Å². The first-order valence-electron chi connectivity index (χ1n) is 18.6. The minimum Gasteiger partial charge on any atom is -0.459 e. The number of primary amides is 1. The molecule has 1 aromatic rings. The summed E-state index contributed by atoms with van der Waals surface area (Å²) in [4.78, 5) is 81.4. The Bertz CT molecular complexity index is 1740. The summed E-state index contributed by atoms with van der Waals surface area (Å²) in [6.45, 7) is 9.00. The van der Waals surface area contributed by atoms with E-state index in [1.165, 1.54) is 45.2 Å². The maximum atomic E-state index is 14.2. The Hall–Kier alpha value is -5.14. The molecule has 1 aromatic carbocycles. The number of nitrogens with one attached hydrogen (secondary N) is 1. The third-order valence-corrected chi connectivity index (χ3v) is 9.64. The molecular weight excluding hydrogens is 706 g/mol. The number of benzene rings is 1. The molecule has 298 valence electrons. The Morgan fingerprint density at radius 3 is 2.29 bits per heavy atom. The van der Waals surface area contributed by atoms with Crippen molar-refractivity contribution in [1.29, 1.82) is 0 Å². The number of unbranched alkanes of at least 4 members (excludes halogenated alkanes) is 2. The monoisotopic (exact) mass is 761 g/mol. The zero-order chi connectivity index (χ0) is 40.8. The number of methoxy groups -OCH3 is 2. The molecule has 0 fully saturated rings. The van der Waals surface area contributed by atoms with Crippen LogP contribution in [0, 0.1) is 11.8 Å². The van der Waals surface area contributed by atoms with Crippen LogP contribution in [0.5, 0.6) is 0 Å². The molecule has 1 heterocycles. The first kappa shape index (κ1) is 44.3. The maximum absolute atomic E-state index is 14.2. The molecule has 6 atom stereocenters. The van der Waals surface area contributed by atoms with Crippen LogP contribution in [-0.2, 0) is 38.1 Å². The lowest BCUT2D eigenvalue weighted by Crippen LogP contribution is -2.40. The van der Waals surface area contributed by atoms with Gasteiger partial charge in [-0.3, -0.25) is 24.0 Å². The van der Waals surface area contributed by atoms with E-state index < -0.39 is 65.8 Å². The minimum atomic E-state index is -1.03. The van der Waals surface area contributed by atoms with Crippen molar-refractivity contribution < 1.29 is 47.7 Å². The van der Waals surface area contributed by atoms with E-state index >= 15 is 0 Å². The fraction of sp³-hybridized carbons (Fsp3) is 0.476. The molecule has 2 bridgehead atoms. The first-order valence-corrected chi connectivity index (χ1v) is 18.6. The molecule has 0 spiro atoms. The Kier molecular flexibility index (Phi) is 17.0. The highest BCUT2D eigenvalue weighted by Crippen LogP contribution is 2.32. The molecule has 3 rings (SSSR count). The second-order valence-corrected chi connectivity index (χ2v) is 14.1. The number of hydrogen-bond acceptors (Lipinski definition) is 10. The number of esters is 1. The number of carbonyl (C=O) groups excluding carboxylic acids is 6. The van der Waals surface area contributed by atoms with Crippen LogP contribution in [-0.4, -0.2) is 86.0 Å². The van der Waals surface area contributed by atoms with Crippen molar-refractivity contribution in [1.82, 2.24) is 10.2 Å². The first-order chi connectivity index (χ1) is 26.1. The topological polar surface area (TPSA) is 181 Å². The molecule has 0 unspecified atom stereocenters. The standard InChI is InChI=1S/C42H55N3O10/c1-9-10-12-20-35(47)54-39-28(5)23-27(4)38(55-42(43)51)33(52-7)19-15-16-26(3)40(49)44-31-24-32(46)36(45(6)41(50)29-17-13-11-14-18-29)30(37(31)48)21-25(2)22-34(39)53-8/h11,13-19,23-25,28,33-34,38-39H,9-10,12,20-22H2,1-8H3,(H2,43,51)(H,44,49)/b19-15-,26-16+,27-23+/t25-,28+,33+,34+,38+,39+/m1/s1. The van der Waals surface area contributed by atoms with Gasteiger partial charge in [-0.1, -0.05) is 76.1 Å². The van der Waals surface area contributed by atoms with Crippen LogP contribution in [0.4, 0.5) is 4.79 Å². The lowest BCUT2D eigenvalue weighted by molar-refractivity contribution is -0.160. The molecular formula is C42H55N3O10. The van der Waals surface area contributed by atoms with Crippen molar-refractivity contribution in [2.45, 2.75) is 97.6 Å². The van der Waals surface area contributed by atoms with E-state index in [-0.39, 0.29) is 47.7 Å². The predicted octanol–water partition coefficient (Wildman–Crippen LogP) is 5.67. The van der Waals surface area contributed by atoms with E-state index in [1.54, 1.807) is 43.3 Å². The van der Waals surface area contributed by atoms with Crippen molar-refractivity contribution in [3.05, 3.63) is 94.4 Å². The average molecular weight is 762 g/mol. The zero-order valence-corrected chi connectivity index (χ0v) is 33.1. The molecule has 0 radical (unpaired) electrons. The summed E-state index contributed by atoms with van der Waals surface area (Å²) < 4.78 is 23.3. The highest BCUT2D eigenvalue weighted by molar-refractivity contribution is 6.24. The van der Waals surface area contributed by atoms with Crippen LogP contribution in [0.3, 0.4) is 0 Å². The number of ether oxygens (including phenoxy) is 4. The summed E-state index contributed by atoms with van der Waals surface area (Å²) in [6, 6.07) is 8.38. The Morgan fingerprint density at radius 2 is 1.67 bits per heavy atom. The van der Waals surface area contributed by atoms with Gasteiger partial charge in [0.15, 0.2) is 6.10 Å². The van der Waals surface area contributed by atoms with Crippen molar-refractivity contribution in [3.63, 3.8) is 0 Å². The Balaban J connectivity index is 2.20. The number of ketones is 2. The van der Waals surface area contributed by atoms with Crippen molar-refractivity contribution in [2.75, 3.05) is 21.3 Å². The van der Waals surface area contributed by atoms with Crippen LogP contribution in [0.2, 0.25) is 0 Å². The molecule has 13 heteroatoms. The van der Waals surface area contributed by atoms with Gasteiger partial charge in [-0.15, -0.1) is 0 Å². The fourth-order valence-electron chi connectivity index (χ4n) is 6.71. The molecule has 0 saturated heterocycles. The van der Waals surface area contributed by atoms with E-state index in [9.17, 15) is 28.8 Å². The molecule has 1 aliphatic carbocycles. The van der Waals surface area contributed by atoms with Gasteiger partial charge in [0, 0.05) is 56.4 Å². The third-order valence-electron chi connectivity index (χ3n) is 9.64. The number of allylic oxidation sites excluding steroid dienone is 4. The number of carbonyl (C=O) groups is 6. The van der Waals surface area contributed by atoms with E-state index in [0.717, 1.165) is 18.9 Å². The van der Waals surface area contributed by atoms with E-state index in [2.05, 4.69) is 5.32 Å². The van der Waals surface area contributed by atoms with Gasteiger partial charge in [-0.2, -0.15) is 0 Å². The molecule has 1 aliphatic heterocycles. The van der Waals surface area contributed by atoms with Crippen LogP contribution in [0.25, 0.3) is 0 Å². The Morgan fingerprint density at radius 1 is 0.982 bits per heavy atom. The lowest BCUT2D eigenvalue weighted by atomic mass is 9.84. The van der Waals surface area contributed by atoms with Crippen molar-refractivity contribution in [2.24, 2.45) is 17.6 Å². The lowest BCUT2D eigenvalue weighted by Gasteiger charge is -2.33. The minimum absolute atomic E-state index is 0.0153. The Labute approximate surface area is 323 Å². The number of nitrogens with zero attached hydrogens (tertiary/aromatic N) is 1. The van der Waals surface area contributed by atoms with E-state index in [4.69, 9.17) is 24.7 Å². The van der Waals surface area contributed by atoms with E-state index in [1.807, 2.05) is 26.8 Å². The summed E-state index contributed by atoms with van der Waals surface area (Å²) >= 11 is 0. The van der Waals surface area contributed by atoms with Gasteiger partial charge >= 0.3 is 12.1 Å². The van der Waals surface area contributed by atoms with Crippen LogP contribution in [0.1, 0.15) is 83.5 Å². The van der Waals surface area contributed by atoms with Gasteiger partial charge in [-0.05, 0) is 56.7 Å². The fourth-order valence-corrected chi connectivity index (χ4v) is 6.71. The van der Waals surface area contributed by atoms with Gasteiger partial charge in [0.1, 0.15) is 12.2 Å². The van der Waals surface area contributed by atoms with Gasteiger partial charge in [-0.25, -0.2) is 4.79 Å². The van der Waals surface area contributed by atoms with E-state index in [0.29, 0.717) is 17.6 Å². The second-order valence-electron chi connectivity index (χ2n) is 14.1. The quantitative estimate of drug-likeness (QED) is 0.131.